The molecular formula is C10H18N2O3. The first-order chi connectivity index (χ1) is 7.11. The van der Waals surface area contributed by atoms with Crippen LogP contribution < -0.4 is 5.32 Å². The number of hydrogen-bond acceptors (Lipinski definition) is 4. The minimum atomic E-state index is -0.984. The Kier molecular flexibility index (Phi) is 4.08. The molecule has 0 aromatic heterocycles. The molecule has 1 unspecified atom stereocenters. The second kappa shape index (κ2) is 5.11. The number of carbonyl (C=O) groups is 2. The Morgan fingerprint density at radius 3 is 2.60 bits per heavy atom. The highest BCUT2D eigenvalue weighted by Crippen LogP contribution is 2.14. The maximum Gasteiger partial charge on any atom is 0.410 e. The Hall–Kier alpha value is -1.10. The molecule has 5 nitrogen and oxygen atoms in total. The molecule has 1 rings (SSSR count). The van der Waals surface area contributed by atoms with Gasteiger partial charge in [-0.1, -0.05) is 6.92 Å². The maximum absolute atomic E-state index is 11.6. The fourth-order valence-corrected chi connectivity index (χ4v) is 1.29. The van der Waals surface area contributed by atoms with E-state index in [2.05, 4.69) is 5.32 Å². The molecule has 0 saturated carbocycles. The lowest BCUT2D eigenvalue weighted by Gasteiger charge is -2.30. The molecule has 0 aromatic carbocycles. The maximum atomic E-state index is 11.6. The van der Waals surface area contributed by atoms with Crippen molar-refractivity contribution in [2.75, 3.05) is 26.2 Å². The van der Waals surface area contributed by atoms with E-state index in [9.17, 15) is 9.59 Å². The minimum Gasteiger partial charge on any atom is -0.435 e. The van der Waals surface area contributed by atoms with Crippen LogP contribution in [0.15, 0.2) is 0 Å². The molecule has 1 fully saturated rings. The lowest BCUT2D eigenvalue weighted by atomic mass is 10.1. The fraction of sp³-hybridized carbons (Fsp3) is 0.800. The van der Waals surface area contributed by atoms with Crippen LogP contribution in [0.3, 0.4) is 0 Å². The van der Waals surface area contributed by atoms with Crippen molar-refractivity contribution in [3.63, 3.8) is 0 Å². The van der Waals surface area contributed by atoms with Crippen LogP contribution in [0.2, 0.25) is 0 Å². The largest absolute Gasteiger partial charge is 0.435 e. The summed E-state index contributed by atoms with van der Waals surface area (Å²) in [5.41, 5.74) is -0.984. The van der Waals surface area contributed by atoms with Gasteiger partial charge in [-0.15, -0.1) is 0 Å². The van der Waals surface area contributed by atoms with Crippen LogP contribution in [-0.4, -0.2) is 49.1 Å². The summed E-state index contributed by atoms with van der Waals surface area (Å²) in [4.78, 5) is 24.0. The van der Waals surface area contributed by atoms with Gasteiger partial charge in [-0.3, -0.25) is 4.79 Å². The molecule has 1 aliphatic heterocycles. The summed E-state index contributed by atoms with van der Waals surface area (Å²) in [5, 5.41) is 3.14. The second-order valence-electron chi connectivity index (χ2n) is 3.89. The summed E-state index contributed by atoms with van der Waals surface area (Å²) >= 11 is 0. The van der Waals surface area contributed by atoms with Gasteiger partial charge >= 0.3 is 6.09 Å². The molecule has 1 amide bonds. The molecular weight excluding hydrogens is 196 g/mol. The van der Waals surface area contributed by atoms with E-state index in [1.165, 1.54) is 0 Å². The first-order valence-corrected chi connectivity index (χ1v) is 5.26. The molecule has 1 N–H and O–H groups in total. The standard InChI is InChI=1S/C10H18N2O3/c1-3-10(2,8-13)15-9(14)12-6-4-11-5-7-12/h8,11H,3-7H2,1-2H3. The van der Waals surface area contributed by atoms with Crippen molar-refractivity contribution in [1.29, 1.82) is 0 Å². The van der Waals surface area contributed by atoms with Gasteiger partial charge in [-0.2, -0.15) is 0 Å². The van der Waals surface area contributed by atoms with Gasteiger partial charge < -0.3 is 15.0 Å². The van der Waals surface area contributed by atoms with E-state index in [-0.39, 0.29) is 0 Å². The van der Waals surface area contributed by atoms with Gasteiger partial charge in [-0.25, -0.2) is 4.79 Å². The van der Waals surface area contributed by atoms with Crippen molar-refractivity contribution < 1.29 is 14.3 Å². The third-order valence-corrected chi connectivity index (χ3v) is 2.65. The fourth-order valence-electron chi connectivity index (χ4n) is 1.29. The SMILES string of the molecule is CCC(C)(C=O)OC(=O)N1CCNCC1. The van der Waals surface area contributed by atoms with Gasteiger partial charge in [0.15, 0.2) is 11.9 Å². The van der Waals surface area contributed by atoms with Crippen molar-refractivity contribution >= 4 is 12.4 Å². The van der Waals surface area contributed by atoms with E-state index in [1.807, 2.05) is 6.92 Å². The van der Waals surface area contributed by atoms with Crippen LogP contribution >= 0.6 is 0 Å². The highest BCUT2D eigenvalue weighted by molar-refractivity contribution is 5.73. The summed E-state index contributed by atoms with van der Waals surface area (Å²) in [6.07, 6.45) is 0.787. The number of rotatable bonds is 3. The average Bonchev–Trinajstić information content (AvgIpc) is 2.30. The molecule has 5 heteroatoms. The molecule has 0 aromatic rings. The molecule has 1 saturated heterocycles. The number of aldehydes is 1. The van der Waals surface area contributed by atoms with E-state index in [0.717, 1.165) is 13.1 Å². The topological polar surface area (TPSA) is 58.6 Å². The van der Waals surface area contributed by atoms with Crippen molar-refractivity contribution in [1.82, 2.24) is 10.2 Å². The van der Waals surface area contributed by atoms with Crippen molar-refractivity contribution in [3.8, 4) is 0 Å². The van der Waals surface area contributed by atoms with Crippen molar-refractivity contribution in [2.45, 2.75) is 25.9 Å². The van der Waals surface area contributed by atoms with Gasteiger partial charge in [0.1, 0.15) is 0 Å². The van der Waals surface area contributed by atoms with Gasteiger partial charge in [0.05, 0.1) is 0 Å². The number of ether oxygens (including phenoxy) is 1. The molecule has 0 radical (unpaired) electrons. The van der Waals surface area contributed by atoms with Crippen LogP contribution in [0.5, 0.6) is 0 Å². The molecule has 1 heterocycles. The van der Waals surface area contributed by atoms with E-state index in [4.69, 9.17) is 4.74 Å². The van der Waals surface area contributed by atoms with Crippen LogP contribution in [0, 0.1) is 0 Å². The van der Waals surface area contributed by atoms with Crippen LogP contribution in [0.4, 0.5) is 4.79 Å². The first-order valence-electron chi connectivity index (χ1n) is 5.26. The van der Waals surface area contributed by atoms with Crippen LogP contribution in [0.1, 0.15) is 20.3 Å². The average molecular weight is 214 g/mol. The first kappa shape index (κ1) is 12.0. The molecule has 1 atom stereocenters. The smallest absolute Gasteiger partial charge is 0.410 e. The minimum absolute atomic E-state index is 0.395. The Labute approximate surface area is 89.8 Å². The summed E-state index contributed by atoms with van der Waals surface area (Å²) in [5.74, 6) is 0. The molecule has 86 valence electrons. The lowest BCUT2D eigenvalue weighted by molar-refractivity contribution is -0.124. The van der Waals surface area contributed by atoms with E-state index < -0.39 is 11.7 Å². The zero-order chi connectivity index (χ0) is 11.3. The van der Waals surface area contributed by atoms with Crippen LogP contribution in [-0.2, 0) is 9.53 Å². The Morgan fingerprint density at radius 1 is 1.53 bits per heavy atom. The molecule has 15 heavy (non-hydrogen) atoms. The van der Waals surface area contributed by atoms with Gasteiger partial charge in [-0.05, 0) is 13.3 Å². The Balaban J connectivity index is 2.49. The summed E-state index contributed by atoms with van der Waals surface area (Å²) in [6, 6.07) is 0. The highest BCUT2D eigenvalue weighted by Gasteiger charge is 2.29. The van der Waals surface area contributed by atoms with E-state index >= 15 is 0 Å². The third-order valence-electron chi connectivity index (χ3n) is 2.65. The van der Waals surface area contributed by atoms with Crippen molar-refractivity contribution in [3.05, 3.63) is 0 Å². The quantitative estimate of drug-likeness (QED) is 0.691. The predicted molar refractivity (Wildman–Crippen MR) is 55.7 cm³/mol. The second-order valence-corrected chi connectivity index (χ2v) is 3.89. The van der Waals surface area contributed by atoms with E-state index in [0.29, 0.717) is 25.8 Å². The van der Waals surface area contributed by atoms with Crippen molar-refractivity contribution in [2.24, 2.45) is 0 Å². The van der Waals surface area contributed by atoms with Crippen LogP contribution in [0.25, 0.3) is 0 Å². The Morgan fingerprint density at radius 2 is 2.13 bits per heavy atom. The monoisotopic (exact) mass is 214 g/mol. The number of piperazine rings is 1. The predicted octanol–water partition coefficient (Wildman–Crippen LogP) is 0.396. The molecule has 1 aliphatic rings. The zero-order valence-electron chi connectivity index (χ0n) is 9.28. The number of hydrogen-bond donors (Lipinski definition) is 1. The summed E-state index contributed by atoms with van der Waals surface area (Å²) in [6.45, 7) is 6.27. The number of amides is 1. The highest BCUT2D eigenvalue weighted by atomic mass is 16.6. The molecule has 0 aliphatic carbocycles. The van der Waals surface area contributed by atoms with Gasteiger partial charge in [0, 0.05) is 26.2 Å². The summed E-state index contributed by atoms with van der Waals surface area (Å²) < 4.78 is 5.17. The third kappa shape index (κ3) is 3.20. The number of nitrogens with zero attached hydrogens (tertiary/aromatic N) is 1. The zero-order valence-corrected chi connectivity index (χ0v) is 9.28. The number of nitrogens with one attached hydrogen (secondary N) is 1. The molecule has 0 spiro atoms. The van der Waals surface area contributed by atoms with E-state index in [1.54, 1.807) is 11.8 Å². The lowest BCUT2D eigenvalue weighted by Crippen LogP contribution is -2.49. The Bertz CT molecular complexity index is 239. The number of carbonyl (C=O) groups excluding carboxylic acids is 2. The van der Waals surface area contributed by atoms with Gasteiger partial charge in [0.25, 0.3) is 0 Å². The molecule has 0 bridgehead atoms. The summed E-state index contributed by atoms with van der Waals surface area (Å²) in [7, 11) is 0. The van der Waals surface area contributed by atoms with Gasteiger partial charge in [0.2, 0.25) is 0 Å². The normalized spacial score (nSPS) is 20.5.